The summed E-state index contributed by atoms with van der Waals surface area (Å²) >= 11 is 9.22. The number of nitrogens with one attached hydrogen (secondary N) is 2. The van der Waals surface area contributed by atoms with Gasteiger partial charge in [0.05, 0.1) is 6.54 Å². The molecule has 0 spiro atoms. The summed E-state index contributed by atoms with van der Waals surface area (Å²) in [5.74, 6) is -0.123. The lowest BCUT2D eigenvalue weighted by Gasteiger charge is -2.08. The second-order valence-corrected chi connectivity index (χ2v) is 5.27. The van der Waals surface area contributed by atoms with Crippen LogP contribution in [0.25, 0.3) is 0 Å². The zero-order valence-electron chi connectivity index (χ0n) is 9.99. The molecule has 2 aromatic rings. The minimum absolute atomic E-state index is 0.123. The van der Waals surface area contributed by atoms with Gasteiger partial charge in [0.1, 0.15) is 0 Å². The van der Waals surface area contributed by atoms with Crippen LogP contribution in [-0.2, 0) is 4.79 Å². The quantitative estimate of drug-likeness (QED) is 0.878. The fourth-order valence-electron chi connectivity index (χ4n) is 1.55. The highest BCUT2D eigenvalue weighted by Gasteiger charge is 2.02. The fraction of sp³-hybridized carbons (Fsp3) is 0.0714. The highest BCUT2D eigenvalue weighted by molar-refractivity contribution is 9.10. The molecule has 98 valence electrons. The molecule has 0 radical (unpaired) electrons. The smallest absolute Gasteiger partial charge is 0.243 e. The van der Waals surface area contributed by atoms with E-state index in [4.69, 9.17) is 11.6 Å². The Hall–Kier alpha value is -1.52. The van der Waals surface area contributed by atoms with Crippen molar-refractivity contribution in [1.29, 1.82) is 0 Å². The first kappa shape index (κ1) is 13.9. The van der Waals surface area contributed by atoms with Crippen LogP contribution in [0.1, 0.15) is 0 Å². The summed E-state index contributed by atoms with van der Waals surface area (Å²) in [5, 5.41) is 6.41. The molecule has 0 saturated heterocycles. The lowest BCUT2D eigenvalue weighted by Crippen LogP contribution is -2.21. The number of anilines is 2. The van der Waals surface area contributed by atoms with E-state index in [2.05, 4.69) is 26.6 Å². The Bertz CT molecular complexity index is 589. The van der Waals surface area contributed by atoms with Gasteiger partial charge in [-0.2, -0.15) is 0 Å². The molecular weight excluding hydrogens is 328 g/mol. The Morgan fingerprint density at radius 1 is 1.11 bits per heavy atom. The van der Waals surface area contributed by atoms with Crippen LogP contribution >= 0.6 is 27.5 Å². The molecule has 0 fully saturated rings. The molecule has 3 nitrogen and oxygen atoms in total. The van der Waals surface area contributed by atoms with Crippen LogP contribution in [0.4, 0.5) is 11.4 Å². The van der Waals surface area contributed by atoms with Gasteiger partial charge in [-0.25, -0.2) is 0 Å². The van der Waals surface area contributed by atoms with Crippen molar-refractivity contribution in [3.05, 3.63) is 58.0 Å². The largest absolute Gasteiger partial charge is 0.376 e. The lowest BCUT2D eigenvalue weighted by molar-refractivity contribution is -0.114. The first-order chi connectivity index (χ1) is 9.13. The molecule has 5 heteroatoms. The van der Waals surface area contributed by atoms with E-state index in [1.54, 1.807) is 24.3 Å². The number of amides is 1. The van der Waals surface area contributed by atoms with Crippen molar-refractivity contribution in [1.82, 2.24) is 0 Å². The number of benzene rings is 2. The number of halogens is 2. The molecule has 2 N–H and O–H groups in total. The van der Waals surface area contributed by atoms with Crippen LogP contribution in [0.2, 0.25) is 5.02 Å². The summed E-state index contributed by atoms with van der Waals surface area (Å²) in [7, 11) is 0. The van der Waals surface area contributed by atoms with Crippen LogP contribution in [0.15, 0.2) is 53.0 Å². The summed E-state index contributed by atoms with van der Waals surface area (Å²) in [6.07, 6.45) is 0. The van der Waals surface area contributed by atoms with Crippen molar-refractivity contribution in [2.75, 3.05) is 17.2 Å². The van der Waals surface area contributed by atoms with E-state index in [1.807, 2.05) is 24.3 Å². The molecule has 0 atom stereocenters. The molecule has 2 aromatic carbocycles. The zero-order valence-corrected chi connectivity index (χ0v) is 12.3. The van der Waals surface area contributed by atoms with E-state index in [0.717, 1.165) is 10.2 Å². The number of carbonyl (C=O) groups is 1. The van der Waals surface area contributed by atoms with E-state index in [1.165, 1.54) is 0 Å². The highest BCUT2D eigenvalue weighted by atomic mass is 79.9. The first-order valence-electron chi connectivity index (χ1n) is 5.68. The van der Waals surface area contributed by atoms with Crippen LogP contribution in [0.5, 0.6) is 0 Å². The molecule has 19 heavy (non-hydrogen) atoms. The Labute approximate surface area is 125 Å². The normalized spacial score (nSPS) is 10.0. The van der Waals surface area contributed by atoms with Crippen LogP contribution < -0.4 is 10.6 Å². The Balaban J connectivity index is 1.88. The van der Waals surface area contributed by atoms with Gasteiger partial charge >= 0.3 is 0 Å². The topological polar surface area (TPSA) is 41.1 Å². The number of rotatable bonds is 4. The summed E-state index contributed by atoms with van der Waals surface area (Å²) in [6, 6.07) is 14.7. The minimum Gasteiger partial charge on any atom is -0.376 e. The van der Waals surface area contributed by atoms with Crippen molar-refractivity contribution < 1.29 is 4.79 Å². The first-order valence-corrected chi connectivity index (χ1v) is 6.85. The van der Waals surface area contributed by atoms with Crippen LogP contribution in [-0.4, -0.2) is 12.5 Å². The van der Waals surface area contributed by atoms with Crippen molar-refractivity contribution in [3.63, 3.8) is 0 Å². The Morgan fingerprint density at radius 3 is 2.58 bits per heavy atom. The van der Waals surface area contributed by atoms with Gasteiger partial charge in [-0.3, -0.25) is 4.79 Å². The second kappa shape index (κ2) is 6.59. The van der Waals surface area contributed by atoms with Gasteiger partial charge in [-0.15, -0.1) is 0 Å². The molecule has 0 bridgehead atoms. The molecule has 0 aromatic heterocycles. The van der Waals surface area contributed by atoms with Gasteiger partial charge in [-0.05, 0) is 36.4 Å². The Morgan fingerprint density at radius 2 is 1.84 bits per heavy atom. The number of hydrogen-bond donors (Lipinski definition) is 2. The summed E-state index contributed by atoms with van der Waals surface area (Å²) in [6.45, 7) is 0.197. The molecule has 0 unspecified atom stereocenters. The fourth-order valence-corrected chi connectivity index (χ4v) is 2.14. The van der Waals surface area contributed by atoms with E-state index in [9.17, 15) is 4.79 Å². The molecule has 0 aliphatic rings. The molecule has 1 amide bonds. The maximum absolute atomic E-state index is 11.8. The number of hydrogen-bond acceptors (Lipinski definition) is 2. The van der Waals surface area contributed by atoms with Crippen molar-refractivity contribution in [2.24, 2.45) is 0 Å². The van der Waals surface area contributed by atoms with E-state index >= 15 is 0 Å². The standard InChI is InChI=1S/C14H12BrClN2O/c15-10-3-1-5-12(7-10)17-9-14(19)18-13-6-2-4-11(16)8-13/h1-8,17H,9H2,(H,18,19). The lowest BCUT2D eigenvalue weighted by atomic mass is 10.3. The molecule has 0 heterocycles. The molecule has 2 rings (SSSR count). The van der Waals surface area contributed by atoms with Crippen molar-refractivity contribution in [2.45, 2.75) is 0 Å². The average Bonchev–Trinajstić information content (AvgIpc) is 2.36. The summed E-state index contributed by atoms with van der Waals surface area (Å²) in [5.41, 5.74) is 1.57. The van der Waals surface area contributed by atoms with Gasteiger partial charge in [0.2, 0.25) is 5.91 Å². The maximum atomic E-state index is 11.8. The Kier molecular flexibility index (Phi) is 4.82. The zero-order chi connectivity index (χ0) is 13.7. The third-order valence-electron chi connectivity index (χ3n) is 2.39. The molecule has 0 aliphatic heterocycles. The predicted molar refractivity (Wildman–Crippen MR) is 82.7 cm³/mol. The third kappa shape index (κ3) is 4.58. The summed E-state index contributed by atoms with van der Waals surface area (Å²) in [4.78, 5) is 11.8. The van der Waals surface area contributed by atoms with Gasteiger partial charge in [0.15, 0.2) is 0 Å². The van der Waals surface area contributed by atoms with Gasteiger partial charge in [0.25, 0.3) is 0 Å². The summed E-state index contributed by atoms with van der Waals surface area (Å²) < 4.78 is 0.966. The maximum Gasteiger partial charge on any atom is 0.243 e. The third-order valence-corrected chi connectivity index (χ3v) is 3.11. The van der Waals surface area contributed by atoms with Gasteiger partial charge in [0, 0.05) is 20.9 Å². The SMILES string of the molecule is O=C(CNc1cccc(Br)c1)Nc1cccc(Cl)c1. The molecule has 0 saturated carbocycles. The minimum atomic E-state index is -0.123. The molecule has 0 aliphatic carbocycles. The van der Waals surface area contributed by atoms with Crippen LogP contribution in [0.3, 0.4) is 0 Å². The highest BCUT2D eigenvalue weighted by Crippen LogP contribution is 2.16. The van der Waals surface area contributed by atoms with E-state index in [0.29, 0.717) is 10.7 Å². The monoisotopic (exact) mass is 338 g/mol. The number of carbonyl (C=O) groups excluding carboxylic acids is 1. The second-order valence-electron chi connectivity index (χ2n) is 3.92. The van der Waals surface area contributed by atoms with E-state index in [-0.39, 0.29) is 12.5 Å². The van der Waals surface area contributed by atoms with Gasteiger partial charge in [-0.1, -0.05) is 39.7 Å². The van der Waals surface area contributed by atoms with Crippen molar-refractivity contribution >= 4 is 44.8 Å². The van der Waals surface area contributed by atoms with E-state index < -0.39 is 0 Å². The molecular formula is C14H12BrClN2O. The predicted octanol–water partition coefficient (Wildman–Crippen LogP) is 4.15. The van der Waals surface area contributed by atoms with Gasteiger partial charge < -0.3 is 10.6 Å². The van der Waals surface area contributed by atoms with Crippen molar-refractivity contribution in [3.8, 4) is 0 Å². The van der Waals surface area contributed by atoms with Crippen LogP contribution in [0, 0.1) is 0 Å². The average molecular weight is 340 g/mol.